The minimum Gasteiger partial charge on any atom is -0.348 e. The molecule has 5 heteroatoms. The largest absolute Gasteiger partial charge is 0.348 e. The summed E-state index contributed by atoms with van der Waals surface area (Å²) >= 11 is 0. The van der Waals surface area contributed by atoms with Crippen molar-refractivity contribution in [2.24, 2.45) is 0 Å². The van der Waals surface area contributed by atoms with Crippen LogP contribution in [0.25, 0.3) is 0 Å². The Morgan fingerprint density at radius 1 is 1.26 bits per heavy atom. The lowest BCUT2D eigenvalue weighted by Crippen LogP contribution is -2.32. The van der Waals surface area contributed by atoms with Gasteiger partial charge in [-0.1, -0.05) is 36.4 Å². The fourth-order valence-corrected chi connectivity index (χ4v) is 2.12. The van der Waals surface area contributed by atoms with E-state index in [1.807, 2.05) is 18.2 Å². The van der Waals surface area contributed by atoms with Crippen LogP contribution in [-0.4, -0.2) is 28.5 Å². The van der Waals surface area contributed by atoms with Gasteiger partial charge in [-0.15, -0.1) is 6.58 Å². The fraction of sp³-hybridized carbons (Fsp3) is 0.278. The van der Waals surface area contributed by atoms with Gasteiger partial charge in [0.05, 0.1) is 5.56 Å². The average Bonchev–Trinajstić information content (AvgIpc) is 2.58. The minimum atomic E-state index is -0.199. The zero-order valence-electron chi connectivity index (χ0n) is 13.6. The van der Waals surface area contributed by atoms with Crippen molar-refractivity contribution in [3.63, 3.8) is 0 Å². The van der Waals surface area contributed by atoms with E-state index in [2.05, 4.69) is 52.7 Å². The van der Waals surface area contributed by atoms with Crippen LogP contribution in [0.5, 0.6) is 0 Å². The smallest absolute Gasteiger partial charge is 0.254 e. The van der Waals surface area contributed by atoms with Gasteiger partial charge in [0.25, 0.3) is 5.91 Å². The van der Waals surface area contributed by atoms with Crippen molar-refractivity contribution in [1.29, 1.82) is 0 Å². The number of aromatic nitrogens is 2. The van der Waals surface area contributed by atoms with Crippen LogP contribution in [0.3, 0.4) is 0 Å². The van der Waals surface area contributed by atoms with Gasteiger partial charge < -0.3 is 10.2 Å². The number of nitrogens with zero attached hydrogens (tertiary/aromatic N) is 3. The van der Waals surface area contributed by atoms with E-state index in [1.165, 1.54) is 5.56 Å². The first-order chi connectivity index (χ1) is 11.1. The number of amides is 1. The Morgan fingerprint density at radius 3 is 2.48 bits per heavy atom. The molecule has 0 bridgehead atoms. The molecule has 2 aromatic rings. The van der Waals surface area contributed by atoms with Crippen LogP contribution < -0.4 is 10.2 Å². The Hall–Kier alpha value is -2.69. The molecular formula is C18H22N4O. The number of rotatable bonds is 7. The maximum absolute atomic E-state index is 11.9. The Kier molecular flexibility index (Phi) is 5.86. The molecule has 0 atom stereocenters. The average molecular weight is 310 g/mol. The molecule has 0 saturated heterocycles. The third-order valence-corrected chi connectivity index (χ3v) is 3.38. The van der Waals surface area contributed by atoms with Crippen LogP contribution in [0.2, 0.25) is 0 Å². The Balaban J connectivity index is 2.14. The van der Waals surface area contributed by atoms with Crippen molar-refractivity contribution < 1.29 is 4.79 Å². The molecular weight excluding hydrogens is 288 g/mol. The summed E-state index contributed by atoms with van der Waals surface area (Å²) in [5.41, 5.74) is 1.64. The quantitative estimate of drug-likeness (QED) is 0.799. The van der Waals surface area contributed by atoms with E-state index < -0.39 is 0 Å². The topological polar surface area (TPSA) is 58.1 Å². The number of nitrogens with one attached hydrogen (secondary N) is 1. The number of hydrogen-bond acceptors (Lipinski definition) is 4. The van der Waals surface area contributed by atoms with Crippen LogP contribution in [0.4, 0.5) is 5.95 Å². The standard InChI is InChI=1S/C18H22N4O/c1-4-10-19-17(23)16-11-20-18(21-12-16)22(14(2)3)13-15-8-6-5-7-9-15/h4-9,11-12,14H,1,10,13H2,2-3H3,(H,19,23). The summed E-state index contributed by atoms with van der Waals surface area (Å²) in [7, 11) is 0. The third-order valence-electron chi connectivity index (χ3n) is 3.38. The van der Waals surface area contributed by atoms with E-state index in [-0.39, 0.29) is 11.9 Å². The van der Waals surface area contributed by atoms with Crippen LogP contribution in [0, 0.1) is 0 Å². The highest BCUT2D eigenvalue weighted by atomic mass is 16.1. The lowest BCUT2D eigenvalue weighted by atomic mass is 10.2. The van der Waals surface area contributed by atoms with Crippen LogP contribution in [0.1, 0.15) is 29.8 Å². The summed E-state index contributed by atoms with van der Waals surface area (Å²) in [5, 5.41) is 2.71. The molecule has 0 aliphatic carbocycles. The molecule has 1 amide bonds. The number of carbonyl (C=O) groups is 1. The first kappa shape index (κ1) is 16.7. The lowest BCUT2D eigenvalue weighted by Gasteiger charge is -2.26. The van der Waals surface area contributed by atoms with E-state index >= 15 is 0 Å². The number of carbonyl (C=O) groups excluding carboxylic acids is 1. The highest BCUT2D eigenvalue weighted by Crippen LogP contribution is 2.15. The third kappa shape index (κ3) is 4.64. The summed E-state index contributed by atoms with van der Waals surface area (Å²) in [6.45, 7) is 8.90. The number of anilines is 1. The maximum atomic E-state index is 11.9. The zero-order chi connectivity index (χ0) is 16.7. The van der Waals surface area contributed by atoms with Crippen molar-refractivity contribution in [2.45, 2.75) is 26.4 Å². The van der Waals surface area contributed by atoms with Gasteiger partial charge in [-0.3, -0.25) is 4.79 Å². The summed E-state index contributed by atoms with van der Waals surface area (Å²) in [4.78, 5) is 22.7. The van der Waals surface area contributed by atoms with Gasteiger partial charge in [0.1, 0.15) is 0 Å². The van der Waals surface area contributed by atoms with E-state index in [9.17, 15) is 4.79 Å². The van der Waals surface area contributed by atoms with E-state index in [4.69, 9.17) is 0 Å². The molecule has 2 rings (SSSR count). The fourth-order valence-electron chi connectivity index (χ4n) is 2.12. The molecule has 5 nitrogen and oxygen atoms in total. The summed E-state index contributed by atoms with van der Waals surface area (Å²) in [6, 6.07) is 10.4. The molecule has 0 aliphatic rings. The lowest BCUT2D eigenvalue weighted by molar-refractivity contribution is 0.0957. The Bertz CT molecular complexity index is 638. The molecule has 0 spiro atoms. The SMILES string of the molecule is C=CCNC(=O)c1cnc(N(Cc2ccccc2)C(C)C)nc1. The predicted octanol–water partition coefficient (Wildman–Crippen LogP) is 2.81. The van der Waals surface area contributed by atoms with Crippen molar-refractivity contribution in [1.82, 2.24) is 15.3 Å². The zero-order valence-corrected chi connectivity index (χ0v) is 13.6. The van der Waals surface area contributed by atoms with Crippen molar-refractivity contribution in [3.8, 4) is 0 Å². The van der Waals surface area contributed by atoms with Crippen molar-refractivity contribution in [3.05, 3.63) is 66.5 Å². The second-order valence-corrected chi connectivity index (χ2v) is 5.48. The molecule has 0 radical (unpaired) electrons. The first-order valence-electron chi connectivity index (χ1n) is 7.63. The molecule has 0 unspecified atom stereocenters. The van der Waals surface area contributed by atoms with Gasteiger partial charge in [0, 0.05) is 31.5 Å². The van der Waals surface area contributed by atoms with Crippen LogP contribution in [0.15, 0.2) is 55.4 Å². The van der Waals surface area contributed by atoms with Crippen molar-refractivity contribution >= 4 is 11.9 Å². The highest BCUT2D eigenvalue weighted by Gasteiger charge is 2.15. The van der Waals surface area contributed by atoms with Gasteiger partial charge in [0.2, 0.25) is 5.95 Å². The highest BCUT2D eigenvalue weighted by molar-refractivity contribution is 5.93. The first-order valence-corrected chi connectivity index (χ1v) is 7.63. The van der Waals surface area contributed by atoms with Gasteiger partial charge in [0.15, 0.2) is 0 Å². The predicted molar refractivity (Wildman–Crippen MR) is 92.3 cm³/mol. The van der Waals surface area contributed by atoms with Crippen molar-refractivity contribution in [2.75, 3.05) is 11.4 Å². The second-order valence-electron chi connectivity index (χ2n) is 5.48. The van der Waals surface area contributed by atoms with Gasteiger partial charge in [-0.25, -0.2) is 9.97 Å². The summed E-state index contributed by atoms with van der Waals surface area (Å²) in [6.07, 6.45) is 4.75. The van der Waals surface area contributed by atoms with Crippen LogP contribution in [-0.2, 0) is 6.54 Å². The van der Waals surface area contributed by atoms with E-state index in [0.29, 0.717) is 18.1 Å². The van der Waals surface area contributed by atoms with Crippen LogP contribution >= 0.6 is 0 Å². The molecule has 23 heavy (non-hydrogen) atoms. The monoisotopic (exact) mass is 310 g/mol. The number of hydrogen-bond donors (Lipinski definition) is 1. The Morgan fingerprint density at radius 2 is 1.91 bits per heavy atom. The molecule has 1 aromatic carbocycles. The molecule has 0 fully saturated rings. The summed E-state index contributed by atoms with van der Waals surface area (Å²) in [5.74, 6) is 0.416. The molecule has 0 saturated carbocycles. The van der Waals surface area contributed by atoms with E-state index in [0.717, 1.165) is 6.54 Å². The normalized spacial score (nSPS) is 10.4. The molecule has 120 valence electrons. The molecule has 1 N–H and O–H groups in total. The second kappa shape index (κ2) is 8.08. The number of benzene rings is 1. The molecule has 0 aliphatic heterocycles. The van der Waals surface area contributed by atoms with Gasteiger partial charge >= 0.3 is 0 Å². The van der Waals surface area contributed by atoms with E-state index in [1.54, 1.807) is 18.5 Å². The van der Waals surface area contributed by atoms with Gasteiger partial charge in [-0.05, 0) is 19.4 Å². The molecule has 1 heterocycles. The van der Waals surface area contributed by atoms with Gasteiger partial charge in [-0.2, -0.15) is 0 Å². The summed E-state index contributed by atoms with van der Waals surface area (Å²) < 4.78 is 0. The molecule has 1 aromatic heterocycles. The minimum absolute atomic E-state index is 0.199. The maximum Gasteiger partial charge on any atom is 0.254 e. The Labute approximate surface area is 137 Å².